The molecule has 0 saturated heterocycles. The summed E-state index contributed by atoms with van der Waals surface area (Å²) < 4.78 is 14.9. The largest absolute Gasteiger partial charge is 0.309 e. The van der Waals surface area contributed by atoms with Crippen LogP contribution >= 0.6 is 27.3 Å². The first-order chi connectivity index (χ1) is 8.70. The van der Waals surface area contributed by atoms with Crippen LogP contribution < -0.4 is 5.32 Å². The molecule has 1 N–H and O–H groups in total. The van der Waals surface area contributed by atoms with Gasteiger partial charge < -0.3 is 5.32 Å². The molecular formula is C13H14BrFN2S. The maximum atomic E-state index is 13.8. The van der Waals surface area contributed by atoms with E-state index >= 15 is 0 Å². The van der Waals surface area contributed by atoms with E-state index in [9.17, 15) is 4.39 Å². The van der Waals surface area contributed by atoms with E-state index in [1.807, 2.05) is 13.0 Å². The number of nitrogens with zero attached hydrogens (tertiary/aromatic N) is 1. The monoisotopic (exact) mass is 328 g/mol. The molecule has 2 aromatic heterocycles. The number of hydrogen-bond acceptors (Lipinski definition) is 3. The van der Waals surface area contributed by atoms with E-state index in [-0.39, 0.29) is 11.9 Å². The molecule has 0 amide bonds. The predicted octanol–water partition coefficient (Wildman–Crippen LogP) is 3.94. The molecule has 2 heterocycles. The third kappa shape index (κ3) is 3.37. The number of pyridine rings is 1. The summed E-state index contributed by atoms with van der Waals surface area (Å²) in [7, 11) is 0. The molecule has 0 aliphatic heterocycles. The second-order valence-electron chi connectivity index (χ2n) is 3.89. The van der Waals surface area contributed by atoms with Gasteiger partial charge in [-0.3, -0.25) is 4.98 Å². The number of rotatable bonds is 5. The van der Waals surface area contributed by atoms with E-state index < -0.39 is 0 Å². The number of likely N-dealkylation sites (N-methyl/N-ethyl adjacent to an activating group) is 1. The highest BCUT2D eigenvalue weighted by molar-refractivity contribution is 9.11. The summed E-state index contributed by atoms with van der Waals surface area (Å²) >= 11 is 5.11. The molecule has 0 aliphatic rings. The van der Waals surface area contributed by atoms with Crippen LogP contribution in [0.2, 0.25) is 0 Å². The average molecular weight is 329 g/mol. The van der Waals surface area contributed by atoms with Crippen molar-refractivity contribution in [1.82, 2.24) is 10.3 Å². The fourth-order valence-electron chi connectivity index (χ4n) is 1.83. The summed E-state index contributed by atoms with van der Waals surface area (Å²) in [6.07, 6.45) is 2.38. The van der Waals surface area contributed by atoms with Gasteiger partial charge in [0.15, 0.2) is 0 Å². The van der Waals surface area contributed by atoms with Crippen molar-refractivity contribution in [1.29, 1.82) is 0 Å². The quantitative estimate of drug-likeness (QED) is 0.899. The van der Waals surface area contributed by atoms with Gasteiger partial charge in [-0.15, -0.1) is 11.3 Å². The van der Waals surface area contributed by atoms with E-state index in [1.54, 1.807) is 23.6 Å². The Labute approximate surface area is 118 Å². The Hall–Kier alpha value is -0.780. The Kier molecular flexibility index (Phi) is 4.86. The van der Waals surface area contributed by atoms with Gasteiger partial charge in [0.25, 0.3) is 0 Å². The summed E-state index contributed by atoms with van der Waals surface area (Å²) in [6, 6.07) is 7.06. The summed E-state index contributed by atoms with van der Waals surface area (Å²) in [5.74, 6) is -0.251. The highest BCUT2D eigenvalue weighted by atomic mass is 79.9. The van der Waals surface area contributed by atoms with Crippen LogP contribution in [0.4, 0.5) is 4.39 Å². The van der Waals surface area contributed by atoms with Gasteiger partial charge in [0.05, 0.1) is 15.5 Å². The van der Waals surface area contributed by atoms with E-state index in [0.29, 0.717) is 5.69 Å². The fourth-order valence-corrected chi connectivity index (χ4v) is 3.36. The predicted molar refractivity (Wildman–Crippen MR) is 76.3 cm³/mol. The summed E-state index contributed by atoms with van der Waals surface area (Å²) in [4.78, 5) is 5.36. The van der Waals surface area contributed by atoms with Crippen molar-refractivity contribution in [2.24, 2.45) is 0 Å². The smallest absolute Gasteiger partial charge is 0.146 e. The molecule has 2 nitrogen and oxygen atoms in total. The Morgan fingerprint density at radius 3 is 2.89 bits per heavy atom. The Morgan fingerprint density at radius 2 is 2.28 bits per heavy atom. The molecule has 0 radical (unpaired) electrons. The molecule has 0 saturated carbocycles. The lowest BCUT2D eigenvalue weighted by Gasteiger charge is -2.17. The lowest BCUT2D eigenvalue weighted by molar-refractivity contribution is 0.496. The topological polar surface area (TPSA) is 24.9 Å². The van der Waals surface area contributed by atoms with Crippen LogP contribution in [-0.4, -0.2) is 11.5 Å². The van der Waals surface area contributed by atoms with Crippen LogP contribution in [0, 0.1) is 5.82 Å². The number of halogens is 2. The van der Waals surface area contributed by atoms with E-state index in [1.165, 1.54) is 10.9 Å². The van der Waals surface area contributed by atoms with E-state index in [0.717, 1.165) is 16.8 Å². The van der Waals surface area contributed by atoms with E-state index in [4.69, 9.17) is 0 Å². The fraction of sp³-hybridized carbons (Fsp3) is 0.308. The number of nitrogens with one attached hydrogen (secondary N) is 1. The summed E-state index contributed by atoms with van der Waals surface area (Å²) in [6.45, 7) is 2.80. The van der Waals surface area contributed by atoms with Crippen LogP contribution in [0.15, 0.2) is 34.2 Å². The Balaban J connectivity index is 2.20. The van der Waals surface area contributed by atoms with Crippen molar-refractivity contribution in [3.63, 3.8) is 0 Å². The number of aromatic nitrogens is 1. The third-order valence-corrected chi connectivity index (χ3v) is 4.25. The third-order valence-electron chi connectivity index (χ3n) is 2.60. The number of thiophene rings is 1. The molecule has 0 bridgehead atoms. The summed E-state index contributed by atoms with van der Waals surface area (Å²) in [5.41, 5.74) is 0.490. The van der Waals surface area contributed by atoms with Crippen LogP contribution in [0.3, 0.4) is 0 Å². The lowest BCUT2D eigenvalue weighted by atomic mass is 10.1. The zero-order valence-electron chi connectivity index (χ0n) is 9.99. The molecule has 1 atom stereocenters. The maximum absolute atomic E-state index is 13.8. The summed E-state index contributed by atoms with van der Waals surface area (Å²) in [5, 5.41) is 3.29. The molecule has 0 fully saturated rings. The molecule has 96 valence electrons. The van der Waals surface area contributed by atoms with Crippen molar-refractivity contribution in [3.8, 4) is 0 Å². The van der Waals surface area contributed by atoms with Crippen molar-refractivity contribution in [2.75, 3.05) is 6.54 Å². The van der Waals surface area contributed by atoms with Crippen molar-refractivity contribution >= 4 is 27.3 Å². The van der Waals surface area contributed by atoms with Crippen molar-refractivity contribution < 1.29 is 4.39 Å². The lowest BCUT2D eigenvalue weighted by Crippen LogP contribution is -2.24. The molecule has 2 rings (SSSR count). The molecule has 0 aromatic carbocycles. The second kappa shape index (κ2) is 6.41. The highest BCUT2D eigenvalue weighted by Crippen LogP contribution is 2.27. The van der Waals surface area contributed by atoms with Gasteiger partial charge in [0.1, 0.15) is 5.82 Å². The first-order valence-corrected chi connectivity index (χ1v) is 7.39. The van der Waals surface area contributed by atoms with Crippen LogP contribution in [-0.2, 0) is 6.42 Å². The van der Waals surface area contributed by atoms with Gasteiger partial charge >= 0.3 is 0 Å². The molecule has 2 aromatic rings. The SMILES string of the molecule is CCNC(Cc1ccc(Br)s1)c1ncccc1F. The molecule has 0 aliphatic carbocycles. The Morgan fingerprint density at radius 1 is 1.44 bits per heavy atom. The van der Waals surface area contributed by atoms with Crippen LogP contribution in [0.1, 0.15) is 23.5 Å². The maximum Gasteiger partial charge on any atom is 0.146 e. The normalized spacial score (nSPS) is 12.6. The minimum absolute atomic E-state index is 0.0817. The van der Waals surface area contributed by atoms with Gasteiger partial charge in [0, 0.05) is 17.5 Å². The number of hydrogen-bond donors (Lipinski definition) is 1. The van der Waals surface area contributed by atoms with Gasteiger partial charge in [-0.1, -0.05) is 6.92 Å². The van der Waals surface area contributed by atoms with E-state index in [2.05, 4.69) is 32.3 Å². The van der Waals surface area contributed by atoms with Crippen LogP contribution in [0.25, 0.3) is 0 Å². The standard InChI is InChI=1S/C13H14BrFN2S/c1-2-16-11(8-9-5-6-12(14)18-9)13-10(15)4-3-7-17-13/h3-7,11,16H,2,8H2,1H3. The Bertz CT molecular complexity index is 515. The first kappa shape index (κ1) is 13.6. The van der Waals surface area contributed by atoms with Crippen molar-refractivity contribution in [3.05, 3.63) is 50.6 Å². The van der Waals surface area contributed by atoms with Crippen molar-refractivity contribution in [2.45, 2.75) is 19.4 Å². The van der Waals surface area contributed by atoms with Gasteiger partial charge in [-0.2, -0.15) is 0 Å². The van der Waals surface area contributed by atoms with Crippen LogP contribution in [0.5, 0.6) is 0 Å². The molecule has 0 spiro atoms. The average Bonchev–Trinajstić information content (AvgIpc) is 2.75. The highest BCUT2D eigenvalue weighted by Gasteiger charge is 2.17. The zero-order valence-corrected chi connectivity index (χ0v) is 12.4. The van der Waals surface area contributed by atoms with Gasteiger partial charge in [-0.25, -0.2) is 4.39 Å². The first-order valence-electron chi connectivity index (χ1n) is 5.78. The molecular weight excluding hydrogens is 315 g/mol. The molecule has 18 heavy (non-hydrogen) atoms. The van der Waals surface area contributed by atoms with Gasteiger partial charge in [-0.05, 0) is 46.7 Å². The molecule has 5 heteroatoms. The second-order valence-corrected chi connectivity index (χ2v) is 6.44. The van der Waals surface area contributed by atoms with Gasteiger partial charge in [0.2, 0.25) is 0 Å². The zero-order chi connectivity index (χ0) is 13.0. The minimum atomic E-state index is -0.251. The molecule has 1 unspecified atom stereocenters. The minimum Gasteiger partial charge on any atom is -0.309 e.